The van der Waals surface area contributed by atoms with Gasteiger partial charge in [0.05, 0.1) is 12.8 Å². The molecule has 2 heterocycles. The van der Waals surface area contributed by atoms with Crippen molar-refractivity contribution >= 4 is 29.2 Å². The molecule has 0 radical (unpaired) electrons. The molecular formula is C13H10ClF5N2O4. The Balaban J connectivity index is 3.00. The smallest absolute Gasteiger partial charge is 0.434 e. The highest BCUT2D eigenvalue weighted by Crippen LogP contribution is 2.44. The SMILES string of the molecule is COC(=O)c1c(C(F)(F)Cl)nc(C(F)(F)F)c(C(=O)O)c1N1CCC1. The minimum atomic E-state index is -5.36. The molecule has 1 aromatic rings. The van der Waals surface area contributed by atoms with Crippen molar-refractivity contribution in [2.45, 2.75) is 18.0 Å². The predicted molar refractivity (Wildman–Crippen MR) is 74.1 cm³/mol. The van der Waals surface area contributed by atoms with Gasteiger partial charge in [-0.2, -0.15) is 22.0 Å². The van der Waals surface area contributed by atoms with Crippen LogP contribution in [-0.4, -0.2) is 42.2 Å². The third-order valence-electron chi connectivity index (χ3n) is 3.48. The largest absolute Gasteiger partial charge is 0.478 e. The van der Waals surface area contributed by atoms with Crippen LogP contribution in [0.3, 0.4) is 0 Å². The molecule has 0 aromatic carbocycles. The first-order valence-electron chi connectivity index (χ1n) is 6.68. The topological polar surface area (TPSA) is 79.7 Å². The summed E-state index contributed by atoms with van der Waals surface area (Å²) in [5.74, 6) is -3.54. The van der Waals surface area contributed by atoms with E-state index in [4.69, 9.17) is 11.6 Å². The summed E-state index contributed by atoms with van der Waals surface area (Å²) < 4.78 is 71.2. The first kappa shape index (κ1) is 19.2. The summed E-state index contributed by atoms with van der Waals surface area (Å²) in [6.07, 6.45) is -4.89. The van der Waals surface area contributed by atoms with E-state index in [1.54, 1.807) is 0 Å². The highest BCUT2D eigenvalue weighted by molar-refractivity contribution is 6.22. The lowest BCUT2D eigenvalue weighted by Gasteiger charge is -2.36. The van der Waals surface area contributed by atoms with Crippen molar-refractivity contribution < 1.29 is 41.4 Å². The lowest BCUT2D eigenvalue weighted by molar-refractivity contribution is -0.142. The van der Waals surface area contributed by atoms with Crippen LogP contribution in [0.5, 0.6) is 0 Å². The van der Waals surface area contributed by atoms with Gasteiger partial charge in [0.25, 0.3) is 0 Å². The number of nitrogens with zero attached hydrogens (tertiary/aromatic N) is 2. The molecule has 1 aromatic heterocycles. The molecule has 0 spiro atoms. The Morgan fingerprint density at radius 1 is 1.16 bits per heavy atom. The lowest BCUT2D eigenvalue weighted by Crippen LogP contribution is -2.41. The summed E-state index contributed by atoms with van der Waals surface area (Å²) in [5, 5.41) is 4.75. The van der Waals surface area contributed by atoms with Gasteiger partial charge in [-0.05, 0) is 18.0 Å². The minimum absolute atomic E-state index is 0.0683. The van der Waals surface area contributed by atoms with Crippen LogP contribution in [0.1, 0.15) is 38.5 Å². The fraction of sp³-hybridized carbons (Fsp3) is 0.462. The molecule has 1 aliphatic rings. The average Bonchev–Trinajstić information content (AvgIpc) is 2.41. The molecule has 0 bridgehead atoms. The van der Waals surface area contributed by atoms with Crippen molar-refractivity contribution in [1.82, 2.24) is 4.98 Å². The molecular weight excluding hydrogens is 379 g/mol. The van der Waals surface area contributed by atoms with E-state index in [2.05, 4.69) is 9.72 Å². The molecule has 0 atom stereocenters. The molecule has 1 fully saturated rings. The Kier molecular flexibility index (Phi) is 4.81. The number of methoxy groups -OCH3 is 1. The summed E-state index contributed by atoms with van der Waals surface area (Å²) in [4.78, 5) is 27.1. The van der Waals surface area contributed by atoms with Gasteiger partial charge in [-0.3, -0.25) is 0 Å². The van der Waals surface area contributed by atoms with Gasteiger partial charge in [0.1, 0.15) is 16.8 Å². The van der Waals surface area contributed by atoms with Crippen LogP contribution in [0.25, 0.3) is 0 Å². The number of aromatic carboxylic acids is 1. The van der Waals surface area contributed by atoms with E-state index < -0.39 is 51.7 Å². The second kappa shape index (κ2) is 6.28. The summed E-state index contributed by atoms with van der Waals surface area (Å²) in [6, 6.07) is 0. The van der Waals surface area contributed by atoms with Crippen molar-refractivity contribution in [3.8, 4) is 0 Å². The fourth-order valence-electron chi connectivity index (χ4n) is 2.34. The van der Waals surface area contributed by atoms with E-state index >= 15 is 0 Å². The number of alkyl halides is 6. The first-order chi connectivity index (χ1) is 11.4. The molecule has 12 heteroatoms. The Morgan fingerprint density at radius 2 is 1.72 bits per heavy atom. The van der Waals surface area contributed by atoms with E-state index in [9.17, 15) is 36.6 Å². The molecule has 25 heavy (non-hydrogen) atoms. The van der Waals surface area contributed by atoms with Gasteiger partial charge in [-0.1, -0.05) is 0 Å². The number of carboxylic acids is 1. The number of anilines is 1. The van der Waals surface area contributed by atoms with Gasteiger partial charge < -0.3 is 14.7 Å². The second-order valence-electron chi connectivity index (χ2n) is 5.04. The number of rotatable bonds is 4. The van der Waals surface area contributed by atoms with Gasteiger partial charge in [-0.25, -0.2) is 14.6 Å². The van der Waals surface area contributed by atoms with Crippen molar-refractivity contribution in [1.29, 1.82) is 0 Å². The summed E-state index contributed by atoms with van der Waals surface area (Å²) in [7, 11) is 0.802. The molecule has 1 aliphatic heterocycles. The Labute approximate surface area is 142 Å². The zero-order valence-corrected chi connectivity index (χ0v) is 13.2. The molecule has 0 saturated carbocycles. The number of carbonyl (C=O) groups excluding carboxylic acids is 1. The molecule has 1 saturated heterocycles. The van der Waals surface area contributed by atoms with Crippen LogP contribution in [0.15, 0.2) is 0 Å². The Bertz CT molecular complexity index is 729. The number of pyridine rings is 1. The number of hydrogen-bond acceptors (Lipinski definition) is 5. The lowest BCUT2D eigenvalue weighted by atomic mass is 9.99. The Morgan fingerprint density at radius 3 is 2.04 bits per heavy atom. The molecule has 6 nitrogen and oxygen atoms in total. The normalized spacial score (nSPS) is 14.9. The van der Waals surface area contributed by atoms with E-state index in [1.807, 2.05) is 0 Å². The first-order valence-corrected chi connectivity index (χ1v) is 7.06. The number of aromatic nitrogens is 1. The van der Waals surface area contributed by atoms with Crippen LogP contribution in [0, 0.1) is 0 Å². The molecule has 0 amide bonds. The average molecular weight is 389 g/mol. The fourth-order valence-corrected chi connectivity index (χ4v) is 2.47. The van der Waals surface area contributed by atoms with Crippen molar-refractivity contribution in [3.63, 3.8) is 0 Å². The Hall–Kier alpha value is -2.17. The zero-order valence-electron chi connectivity index (χ0n) is 12.5. The highest BCUT2D eigenvalue weighted by Gasteiger charge is 2.47. The molecule has 0 unspecified atom stereocenters. The maximum Gasteiger partial charge on any atom is 0.434 e. The number of esters is 1. The van der Waals surface area contributed by atoms with E-state index in [0.29, 0.717) is 6.42 Å². The molecule has 1 N–H and O–H groups in total. The van der Waals surface area contributed by atoms with E-state index in [-0.39, 0.29) is 13.1 Å². The molecule has 0 aliphatic carbocycles. The summed E-state index contributed by atoms with van der Waals surface area (Å²) >= 11 is 4.82. The van der Waals surface area contributed by atoms with E-state index in [0.717, 1.165) is 12.0 Å². The zero-order chi connectivity index (χ0) is 19.2. The predicted octanol–water partition coefficient (Wildman–Crippen LogP) is 3.08. The van der Waals surface area contributed by atoms with Crippen LogP contribution in [0.4, 0.5) is 27.6 Å². The van der Waals surface area contributed by atoms with Gasteiger partial charge in [0, 0.05) is 13.1 Å². The number of hydrogen-bond donors (Lipinski definition) is 1. The van der Waals surface area contributed by atoms with Crippen LogP contribution in [0.2, 0.25) is 0 Å². The third-order valence-corrected chi connectivity index (χ3v) is 3.66. The van der Waals surface area contributed by atoms with Gasteiger partial charge in [0.15, 0.2) is 5.69 Å². The monoisotopic (exact) mass is 388 g/mol. The third kappa shape index (κ3) is 3.46. The van der Waals surface area contributed by atoms with Crippen LogP contribution < -0.4 is 4.90 Å². The van der Waals surface area contributed by atoms with Crippen molar-refractivity contribution in [2.75, 3.05) is 25.1 Å². The minimum Gasteiger partial charge on any atom is -0.478 e. The van der Waals surface area contributed by atoms with Crippen LogP contribution in [-0.2, 0) is 16.3 Å². The summed E-state index contributed by atoms with van der Waals surface area (Å²) in [5.41, 5.74) is -7.11. The maximum absolute atomic E-state index is 13.6. The van der Waals surface area contributed by atoms with E-state index in [1.165, 1.54) is 0 Å². The molecule has 138 valence electrons. The van der Waals surface area contributed by atoms with Gasteiger partial charge in [-0.15, -0.1) is 0 Å². The highest BCUT2D eigenvalue weighted by atomic mass is 35.5. The van der Waals surface area contributed by atoms with Gasteiger partial charge in [0.2, 0.25) is 0 Å². The number of ether oxygens (including phenoxy) is 1. The summed E-state index contributed by atoms with van der Waals surface area (Å²) in [6.45, 7) is 0.137. The maximum atomic E-state index is 13.6. The van der Waals surface area contributed by atoms with Crippen molar-refractivity contribution in [3.05, 3.63) is 22.5 Å². The number of halogens is 6. The van der Waals surface area contributed by atoms with Gasteiger partial charge >= 0.3 is 23.5 Å². The van der Waals surface area contributed by atoms with Crippen LogP contribution >= 0.6 is 11.6 Å². The number of carboxylic acid groups (broad SMARTS) is 1. The van der Waals surface area contributed by atoms with Crippen molar-refractivity contribution in [2.24, 2.45) is 0 Å². The molecule has 2 rings (SSSR count). The second-order valence-corrected chi connectivity index (χ2v) is 5.52. The number of carbonyl (C=O) groups is 2. The standard InChI is InChI=1S/C13H10ClF5N2O4/c1-25-11(24)6-7(21-3-2-4-21)5(10(22)23)9(13(17,18)19)20-8(6)12(14,15)16/h2-4H2,1H3,(H,22,23). The quantitative estimate of drug-likeness (QED) is 0.485.